The lowest BCUT2D eigenvalue weighted by molar-refractivity contribution is -0.126. The monoisotopic (exact) mass is 238 g/mol. The Labute approximate surface area is 107 Å². The first-order valence-electron chi connectivity index (χ1n) is 7.91. The minimum atomic E-state index is 0.190. The lowest BCUT2D eigenvalue weighted by Gasteiger charge is -2.46. The largest absolute Gasteiger partial charge is 0.375 e. The third-order valence-electron chi connectivity index (χ3n) is 5.29. The van der Waals surface area contributed by atoms with Crippen molar-refractivity contribution < 1.29 is 4.74 Å². The fourth-order valence-corrected chi connectivity index (χ4v) is 4.23. The van der Waals surface area contributed by atoms with E-state index in [1.54, 1.807) is 0 Å². The van der Waals surface area contributed by atoms with Crippen molar-refractivity contribution >= 4 is 0 Å². The maximum Gasteiger partial charge on any atom is 0.0710 e. The van der Waals surface area contributed by atoms with Crippen molar-refractivity contribution in [1.29, 1.82) is 0 Å². The second-order valence-electron chi connectivity index (χ2n) is 6.29. The molecule has 0 spiro atoms. The molecule has 0 unspecified atom stereocenters. The molecule has 1 heteroatoms. The molecule has 0 aromatic heterocycles. The molecule has 0 amide bonds. The van der Waals surface area contributed by atoms with Crippen molar-refractivity contribution in [2.24, 2.45) is 11.8 Å². The Kier molecular flexibility index (Phi) is 4.90. The molecule has 2 rings (SSSR count). The molecule has 0 aromatic carbocycles. The van der Waals surface area contributed by atoms with E-state index in [2.05, 4.69) is 13.8 Å². The van der Waals surface area contributed by atoms with Gasteiger partial charge in [-0.2, -0.15) is 0 Å². The smallest absolute Gasteiger partial charge is 0.0710 e. The maximum absolute atomic E-state index is 6.31. The molecule has 0 aliphatic heterocycles. The van der Waals surface area contributed by atoms with E-state index in [0.717, 1.165) is 18.4 Å². The van der Waals surface area contributed by atoms with E-state index >= 15 is 0 Å². The molecule has 2 aliphatic carbocycles. The Morgan fingerprint density at radius 3 is 1.59 bits per heavy atom. The zero-order chi connectivity index (χ0) is 12.1. The quantitative estimate of drug-likeness (QED) is 0.674. The van der Waals surface area contributed by atoms with Gasteiger partial charge in [0.1, 0.15) is 0 Å². The first-order valence-corrected chi connectivity index (χ1v) is 7.91. The van der Waals surface area contributed by atoms with Crippen LogP contribution in [-0.2, 0) is 4.74 Å². The van der Waals surface area contributed by atoms with Gasteiger partial charge in [-0.15, -0.1) is 0 Å². The predicted molar refractivity (Wildman–Crippen MR) is 73.2 cm³/mol. The van der Waals surface area contributed by atoms with Crippen molar-refractivity contribution in [2.45, 2.75) is 83.7 Å². The zero-order valence-electron chi connectivity index (χ0n) is 11.8. The van der Waals surface area contributed by atoms with Crippen LogP contribution in [0.2, 0.25) is 0 Å². The molecule has 0 aromatic rings. The van der Waals surface area contributed by atoms with Gasteiger partial charge in [0.2, 0.25) is 0 Å². The lowest BCUT2D eigenvalue weighted by atomic mass is 9.67. The van der Waals surface area contributed by atoms with Gasteiger partial charge in [-0.3, -0.25) is 0 Å². The zero-order valence-corrected chi connectivity index (χ0v) is 11.8. The van der Waals surface area contributed by atoms with E-state index in [9.17, 15) is 0 Å². The topological polar surface area (TPSA) is 9.23 Å². The van der Waals surface area contributed by atoms with Gasteiger partial charge in [0, 0.05) is 6.61 Å². The fourth-order valence-electron chi connectivity index (χ4n) is 4.23. The van der Waals surface area contributed by atoms with Crippen LogP contribution in [0.3, 0.4) is 0 Å². The Bertz CT molecular complexity index is 194. The first kappa shape index (κ1) is 13.4. The lowest BCUT2D eigenvalue weighted by Crippen LogP contribution is -2.46. The first-order chi connectivity index (χ1) is 8.27. The number of ether oxygens (including phenoxy) is 1. The summed E-state index contributed by atoms with van der Waals surface area (Å²) in [5.74, 6) is 1.67. The summed E-state index contributed by atoms with van der Waals surface area (Å²) < 4.78 is 6.31. The summed E-state index contributed by atoms with van der Waals surface area (Å²) >= 11 is 0. The second-order valence-corrected chi connectivity index (χ2v) is 6.29. The summed E-state index contributed by atoms with van der Waals surface area (Å²) in [6.07, 6.45) is 14.3. The Hall–Kier alpha value is -0.0400. The molecule has 0 heterocycles. The molecule has 2 fully saturated rings. The highest BCUT2D eigenvalue weighted by Crippen LogP contribution is 2.44. The summed E-state index contributed by atoms with van der Waals surface area (Å²) in [5, 5.41) is 0. The van der Waals surface area contributed by atoms with Crippen LogP contribution in [-0.4, -0.2) is 12.2 Å². The number of hydrogen-bond acceptors (Lipinski definition) is 1. The van der Waals surface area contributed by atoms with Gasteiger partial charge in [-0.25, -0.2) is 0 Å². The average molecular weight is 238 g/mol. The summed E-state index contributed by atoms with van der Waals surface area (Å²) in [5.41, 5.74) is 0.190. The SMILES string of the molecule is CCOC(C)(C1CCCCC1)C1CCCCC1. The Morgan fingerprint density at radius 1 is 0.824 bits per heavy atom. The van der Waals surface area contributed by atoms with Crippen LogP contribution in [0.1, 0.15) is 78.1 Å². The van der Waals surface area contributed by atoms with Gasteiger partial charge >= 0.3 is 0 Å². The van der Waals surface area contributed by atoms with Crippen LogP contribution in [0.25, 0.3) is 0 Å². The van der Waals surface area contributed by atoms with Gasteiger partial charge < -0.3 is 4.74 Å². The highest BCUT2D eigenvalue weighted by molar-refractivity contribution is 4.93. The Morgan fingerprint density at radius 2 is 1.24 bits per heavy atom. The summed E-state index contributed by atoms with van der Waals surface area (Å²) in [6, 6.07) is 0. The Balaban J connectivity index is 2.05. The van der Waals surface area contributed by atoms with Crippen LogP contribution in [0.4, 0.5) is 0 Å². The molecule has 2 saturated carbocycles. The molecule has 0 saturated heterocycles. The van der Waals surface area contributed by atoms with Crippen LogP contribution in [0.5, 0.6) is 0 Å². The van der Waals surface area contributed by atoms with E-state index in [-0.39, 0.29) is 5.60 Å². The van der Waals surface area contributed by atoms with Gasteiger partial charge in [0.15, 0.2) is 0 Å². The molecule has 0 N–H and O–H groups in total. The molecule has 0 atom stereocenters. The van der Waals surface area contributed by atoms with Crippen LogP contribution >= 0.6 is 0 Å². The van der Waals surface area contributed by atoms with Gasteiger partial charge in [0.25, 0.3) is 0 Å². The fraction of sp³-hybridized carbons (Fsp3) is 1.00. The van der Waals surface area contributed by atoms with Crippen molar-refractivity contribution in [3.8, 4) is 0 Å². The molecular formula is C16H30O. The highest BCUT2D eigenvalue weighted by Gasteiger charge is 2.42. The summed E-state index contributed by atoms with van der Waals surface area (Å²) in [4.78, 5) is 0. The van der Waals surface area contributed by atoms with Crippen molar-refractivity contribution in [3.05, 3.63) is 0 Å². The normalized spacial score (nSPS) is 25.1. The van der Waals surface area contributed by atoms with E-state index in [4.69, 9.17) is 4.74 Å². The van der Waals surface area contributed by atoms with Crippen molar-refractivity contribution in [1.82, 2.24) is 0 Å². The average Bonchev–Trinajstić information content (AvgIpc) is 2.41. The van der Waals surface area contributed by atoms with Crippen molar-refractivity contribution in [2.75, 3.05) is 6.61 Å². The van der Waals surface area contributed by atoms with Gasteiger partial charge in [-0.05, 0) is 51.4 Å². The molecule has 100 valence electrons. The second kappa shape index (κ2) is 6.22. The standard InChI is InChI=1S/C16H30O/c1-3-17-16(2,14-10-6-4-7-11-14)15-12-8-5-9-13-15/h14-15H,3-13H2,1-2H3. The van der Waals surface area contributed by atoms with Crippen LogP contribution < -0.4 is 0 Å². The maximum atomic E-state index is 6.31. The third-order valence-corrected chi connectivity index (χ3v) is 5.29. The van der Waals surface area contributed by atoms with E-state index in [1.165, 1.54) is 64.2 Å². The van der Waals surface area contributed by atoms with Gasteiger partial charge in [0.05, 0.1) is 5.60 Å². The van der Waals surface area contributed by atoms with Gasteiger partial charge in [-0.1, -0.05) is 38.5 Å². The molecular weight excluding hydrogens is 208 g/mol. The van der Waals surface area contributed by atoms with Crippen molar-refractivity contribution in [3.63, 3.8) is 0 Å². The minimum absolute atomic E-state index is 0.190. The molecule has 17 heavy (non-hydrogen) atoms. The van der Waals surface area contributed by atoms with Crippen LogP contribution in [0.15, 0.2) is 0 Å². The van der Waals surface area contributed by atoms with E-state index < -0.39 is 0 Å². The minimum Gasteiger partial charge on any atom is -0.375 e. The molecule has 0 radical (unpaired) electrons. The van der Waals surface area contributed by atoms with Crippen LogP contribution in [0, 0.1) is 11.8 Å². The highest BCUT2D eigenvalue weighted by atomic mass is 16.5. The molecule has 1 nitrogen and oxygen atoms in total. The summed E-state index contributed by atoms with van der Waals surface area (Å²) in [7, 11) is 0. The number of rotatable bonds is 4. The van der Waals surface area contributed by atoms with E-state index in [0.29, 0.717) is 0 Å². The molecule has 2 aliphatic rings. The summed E-state index contributed by atoms with van der Waals surface area (Å²) in [6.45, 7) is 5.50. The predicted octanol–water partition coefficient (Wildman–Crippen LogP) is 4.94. The van der Waals surface area contributed by atoms with E-state index in [1.807, 2.05) is 0 Å². The number of hydrogen-bond donors (Lipinski definition) is 0. The molecule has 0 bridgehead atoms. The third kappa shape index (κ3) is 3.05.